The van der Waals surface area contributed by atoms with Crippen LogP contribution in [0.3, 0.4) is 0 Å². The number of aliphatic hydroxyl groups is 1. The van der Waals surface area contributed by atoms with Crippen molar-refractivity contribution in [2.24, 2.45) is 7.05 Å². The van der Waals surface area contributed by atoms with E-state index in [1.807, 2.05) is 4.90 Å². The molecule has 1 saturated heterocycles. The molecule has 3 atom stereocenters. The molecule has 32 heavy (non-hydrogen) atoms. The van der Waals surface area contributed by atoms with Crippen molar-refractivity contribution in [1.82, 2.24) is 14.0 Å². The Kier molecular flexibility index (Phi) is 5.31. The van der Waals surface area contributed by atoms with E-state index in [-0.39, 0.29) is 11.7 Å². The van der Waals surface area contributed by atoms with E-state index in [4.69, 9.17) is 16.3 Å². The second kappa shape index (κ2) is 8.03. The highest BCUT2D eigenvalue weighted by Gasteiger charge is 2.42. The topological polar surface area (TPSA) is 59.6 Å². The van der Waals surface area contributed by atoms with Crippen LogP contribution in [0.4, 0.5) is 8.78 Å². The quantitative estimate of drug-likeness (QED) is 0.648. The zero-order valence-corrected chi connectivity index (χ0v) is 18.1. The number of hydrogen-bond donors (Lipinski definition) is 1. The molecule has 0 unspecified atom stereocenters. The summed E-state index contributed by atoms with van der Waals surface area (Å²) in [6, 6.07) is 6.88. The Morgan fingerprint density at radius 2 is 2.00 bits per heavy atom. The van der Waals surface area contributed by atoms with Gasteiger partial charge in [0, 0.05) is 50.2 Å². The van der Waals surface area contributed by atoms with Gasteiger partial charge in [0.2, 0.25) is 0 Å². The molecule has 168 valence electrons. The molecule has 1 fully saturated rings. The maximum absolute atomic E-state index is 14.6. The first kappa shape index (κ1) is 21.2. The monoisotopic (exact) mass is 461 g/mol. The molecule has 2 aromatic carbocycles. The van der Waals surface area contributed by atoms with Gasteiger partial charge in [-0.05, 0) is 36.6 Å². The Labute approximate surface area is 188 Å². The highest BCUT2D eigenvalue weighted by molar-refractivity contribution is 6.32. The predicted octanol–water partition coefficient (Wildman–Crippen LogP) is 3.22. The van der Waals surface area contributed by atoms with Gasteiger partial charge in [0.15, 0.2) is 0 Å². The predicted molar refractivity (Wildman–Crippen MR) is 115 cm³/mol. The molecular weight excluding hydrogens is 440 g/mol. The Morgan fingerprint density at radius 3 is 2.69 bits per heavy atom. The molecule has 1 aromatic heterocycles. The van der Waals surface area contributed by atoms with Crippen LogP contribution in [0.1, 0.15) is 23.7 Å². The number of fused-ring (bicyclic) bond motifs is 1. The molecule has 0 bridgehead atoms. The fraction of sp³-hybridized carbons (Fsp3) is 0.348. The van der Waals surface area contributed by atoms with E-state index < -0.39 is 23.8 Å². The van der Waals surface area contributed by atoms with Crippen molar-refractivity contribution in [3.63, 3.8) is 0 Å². The van der Waals surface area contributed by atoms with Crippen LogP contribution in [0.2, 0.25) is 5.02 Å². The molecule has 1 aliphatic carbocycles. The van der Waals surface area contributed by atoms with Crippen LogP contribution < -0.4 is 10.4 Å². The summed E-state index contributed by atoms with van der Waals surface area (Å²) in [4.78, 5) is 14.4. The second-order valence-electron chi connectivity index (χ2n) is 8.38. The van der Waals surface area contributed by atoms with Gasteiger partial charge in [-0.2, -0.15) is 0 Å². The molecule has 0 radical (unpaired) electrons. The third-order valence-corrected chi connectivity index (χ3v) is 6.63. The van der Waals surface area contributed by atoms with Gasteiger partial charge >= 0.3 is 5.69 Å². The van der Waals surface area contributed by atoms with Gasteiger partial charge < -0.3 is 14.4 Å². The van der Waals surface area contributed by atoms with Gasteiger partial charge in [0.25, 0.3) is 0 Å². The van der Waals surface area contributed by atoms with Crippen LogP contribution in [-0.2, 0) is 13.5 Å². The lowest BCUT2D eigenvalue weighted by atomic mass is 10.1. The number of ether oxygens (including phenoxy) is 1. The second-order valence-corrected chi connectivity index (χ2v) is 8.79. The molecule has 3 aromatic rings. The van der Waals surface area contributed by atoms with Crippen molar-refractivity contribution in [2.45, 2.75) is 31.1 Å². The zero-order chi connectivity index (χ0) is 22.6. The van der Waals surface area contributed by atoms with Crippen molar-refractivity contribution in [2.75, 3.05) is 13.1 Å². The van der Waals surface area contributed by atoms with E-state index in [9.17, 15) is 18.7 Å². The van der Waals surface area contributed by atoms with Crippen molar-refractivity contribution >= 4 is 11.6 Å². The first-order chi connectivity index (χ1) is 15.3. The van der Waals surface area contributed by atoms with Gasteiger partial charge in [-0.15, -0.1) is 0 Å². The minimum Gasteiger partial charge on any atom is -0.482 e. The van der Waals surface area contributed by atoms with Crippen LogP contribution >= 0.6 is 11.6 Å². The third-order valence-electron chi connectivity index (χ3n) is 6.32. The summed E-state index contributed by atoms with van der Waals surface area (Å²) in [5, 5.41) is 10.3. The molecule has 6 nitrogen and oxygen atoms in total. The van der Waals surface area contributed by atoms with Gasteiger partial charge in [0.05, 0.1) is 22.9 Å². The summed E-state index contributed by atoms with van der Waals surface area (Å²) >= 11 is 6.41. The van der Waals surface area contributed by atoms with E-state index >= 15 is 0 Å². The number of hydrogen-bond acceptors (Lipinski definition) is 4. The van der Waals surface area contributed by atoms with Crippen molar-refractivity contribution in [3.05, 3.63) is 81.0 Å². The summed E-state index contributed by atoms with van der Waals surface area (Å²) in [5.74, 6) is -0.966. The number of imidazole rings is 1. The molecule has 0 amide bonds. The molecule has 0 saturated carbocycles. The van der Waals surface area contributed by atoms with Crippen molar-refractivity contribution in [1.29, 1.82) is 0 Å². The first-order valence-electron chi connectivity index (χ1n) is 10.4. The fourth-order valence-corrected chi connectivity index (χ4v) is 4.84. The lowest BCUT2D eigenvalue weighted by Crippen LogP contribution is -2.39. The number of aliphatic hydroxyl groups excluding tert-OH is 1. The molecule has 2 heterocycles. The first-order valence-corrected chi connectivity index (χ1v) is 10.8. The summed E-state index contributed by atoms with van der Waals surface area (Å²) in [5.41, 5.74) is 1.19. The lowest BCUT2D eigenvalue weighted by molar-refractivity contribution is 0.0817. The minimum atomic E-state index is -0.680. The summed E-state index contributed by atoms with van der Waals surface area (Å²) in [6.45, 7) is 1.08. The number of nitrogens with zero attached hydrogens (tertiary/aromatic N) is 3. The molecular formula is C23H22ClF2N3O3. The Balaban J connectivity index is 1.54. The number of halogens is 3. The van der Waals surface area contributed by atoms with Crippen LogP contribution in [0, 0.1) is 11.6 Å². The van der Waals surface area contributed by atoms with Gasteiger partial charge in [0.1, 0.15) is 23.5 Å². The Bertz CT molecular complexity index is 1240. The summed E-state index contributed by atoms with van der Waals surface area (Å²) in [7, 11) is 1.65. The largest absolute Gasteiger partial charge is 0.482 e. The number of aryl methyl sites for hydroxylation is 1. The number of aromatic nitrogens is 2. The molecule has 9 heteroatoms. The SMILES string of the molecule is Cn1ccn(-c2ccc(Cl)c(O[C@H]3c4cc(F)cc(F)c4C[C@H]3N3CC[C@@H](O)C3)c2)c1=O. The van der Waals surface area contributed by atoms with E-state index in [1.165, 1.54) is 15.2 Å². The highest BCUT2D eigenvalue weighted by Crippen LogP contribution is 2.42. The highest BCUT2D eigenvalue weighted by atomic mass is 35.5. The van der Waals surface area contributed by atoms with Crippen LogP contribution in [0.5, 0.6) is 5.75 Å². The standard InChI is InChI=1S/C23H22ClF2N3O3/c1-27-6-7-29(23(27)31)14-2-3-18(24)21(10-14)32-22-17-8-13(25)9-19(26)16(17)11-20(22)28-5-4-15(30)12-28/h2-3,6-10,15,20,22,30H,4-5,11-12H2,1H3/t15-,20-,22+/m1/s1. The fourth-order valence-electron chi connectivity index (χ4n) is 4.68. The van der Waals surface area contributed by atoms with E-state index in [0.29, 0.717) is 53.5 Å². The maximum Gasteiger partial charge on any atom is 0.332 e. The number of β-amino-alcohol motifs (C(OH)–C–C–N with tert-alkyl or cyclic N) is 1. The molecule has 5 rings (SSSR count). The average Bonchev–Trinajstić information content (AvgIpc) is 3.42. The number of rotatable bonds is 4. The van der Waals surface area contributed by atoms with E-state index in [0.717, 1.165) is 6.07 Å². The smallest absolute Gasteiger partial charge is 0.332 e. The molecule has 1 aliphatic heterocycles. The van der Waals surface area contributed by atoms with Crippen LogP contribution in [-0.4, -0.2) is 44.4 Å². The summed E-state index contributed by atoms with van der Waals surface area (Å²) < 4.78 is 37.9. The van der Waals surface area contributed by atoms with Gasteiger partial charge in [-0.25, -0.2) is 13.6 Å². The molecule has 2 aliphatic rings. The van der Waals surface area contributed by atoms with E-state index in [1.54, 1.807) is 37.6 Å². The lowest BCUT2D eigenvalue weighted by Gasteiger charge is -2.30. The molecule has 0 spiro atoms. The zero-order valence-electron chi connectivity index (χ0n) is 17.3. The maximum atomic E-state index is 14.6. The Morgan fingerprint density at radius 1 is 1.19 bits per heavy atom. The number of benzene rings is 2. The third kappa shape index (κ3) is 3.62. The summed E-state index contributed by atoms with van der Waals surface area (Å²) in [6.07, 6.45) is 3.10. The van der Waals surface area contributed by atoms with Crippen molar-refractivity contribution in [3.8, 4) is 11.4 Å². The van der Waals surface area contributed by atoms with Crippen LogP contribution in [0.15, 0.2) is 47.5 Å². The van der Waals surface area contributed by atoms with E-state index in [2.05, 4.69) is 0 Å². The average molecular weight is 462 g/mol. The van der Waals surface area contributed by atoms with Gasteiger partial charge in [-0.3, -0.25) is 9.47 Å². The van der Waals surface area contributed by atoms with Crippen molar-refractivity contribution < 1.29 is 18.6 Å². The minimum absolute atomic E-state index is 0.224. The van der Waals surface area contributed by atoms with Crippen LogP contribution in [0.25, 0.3) is 5.69 Å². The number of likely N-dealkylation sites (tertiary alicyclic amines) is 1. The molecule has 1 N–H and O–H groups in total. The normalized spacial score (nSPS) is 23.0. The Hall–Kier alpha value is -2.68. The van der Waals surface area contributed by atoms with Gasteiger partial charge in [-0.1, -0.05) is 11.6 Å².